The molecule has 3 rings (SSSR count). The van der Waals surface area contributed by atoms with E-state index in [4.69, 9.17) is 11.6 Å². The van der Waals surface area contributed by atoms with Crippen LogP contribution in [0, 0.1) is 0 Å². The molecule has 1 unspecified atom stereocenters. The number of anilines is 1. The lowest BCUT2D eigenvalue weighted by Crippen LogP contribution is -2.17. The second-order valence-corrected chi connectivity index (χ2v) is 5.26. The molecule has 1 aliphatic heterocycles. The Balaban J connectivity index is 1.75. The maximum absolute atomic E-state index is 12.1. The van der Waals surface area contributed by atoms with E-state index in [9.17, 15) is 13.2 Å². The number of fused-ring (bicyclic) bond motifs is 1. The number of hydrogen-bond acceptors (Lipinski definition) is 2. The van der Waals surface area contributed by atoms with Crippen LogP contribution in [-0.4, -0.2) is 6.36 Å². The Kier molecular flexibility index (Phi) is 3.45. The van der Waals surface area contributed by atoms with Crippen molar-refractivity contribution < 1.29 is 17.9 Å². The van der Waals surface area contributed by atoms with Gasteiger partial charge in [-0.3, -0.25) is 0 Å². The van der Waals surface area contributed by atoms with Gasteiger partial charge in [-0.1, -0.05) is 23.7 Å². The number of halogens is 4. The maximum Gasteiger partial charge on any atom is 0.573 e. The van der Waals surface area contributed by atoms with E-state index in [-0.39, 0.29) is 11.8 Å². The molecule has 0 saturated heterocycles. The third-order valence-corrected chi connectivity index (χ3v) is 3.57. The van der Waals surface area contributed by atoms with Crippen LogP contribution in [0.3, 0.4) is 0 Å². The lowest BCUT2D eigenvalue weighted by Gasteiger charge is -2.13. The van der Waals surface area contributed by atoms with Crippen LogP contribution < -0.4 is 10.1 Å². The molecule has 1 N–H and O–H groups in total. The Bertz CT molecular complexity index is 655. The molecule has 2 aromatic carbocycles. The Labute approximate surface area is 124 Å². The number of hydrogen-bond donors (Lipinski definition) is 1. The van der Waals surface area contributed by atoms with Crippen LogP contribution in [0.25, 0.3) is 0 Å². The summed E-state index contributed by atoms with van der Waals surface area (Å²) in [6.07, 6.45) is -3.92. The van der Waals surface area contributed by atoms with E-state index < -0.39 is 6.36 Å². The summed E-state index contributed by atoms with van der Waals surface area (Å²) in [6.45, 7) is 0. The van der Waals surface area contributed by atoms with Crippen molar-refractivity contribution in [3.8, 4) is 5.75 Å². The minimum Gasteiger partial charge on any atom is -0.406 e. The molecule has 0 radical (unpaired) electrons. The minimum atomic E-state index is -4.67. The molecule has 0 amide bonds. The fourth-order valence-corrected chi connectivity index (χ4v) is 2.63. The molecule has 0 aromatic heterocycles. The Morgan fingerprint density at radius 3 is 2.48 bits per heavy atom. The molecule has 1 heterocycles. The van der Waals surface area contributed by atoms with Crippen molar-refractivity contribution in [1.29, 1.82) is 0 Å². The van der Waals surface area contributed by atoms with Gasteiger partial charge < -0.3 is 10.1 Å². The summed E-state index contributed by atoms with van der Waals surface area (Å²) in [5, 5.41) is 4.00. The molecular formula is C15H11ClF3NO. The van der Waals surface area contributed by atoms with Gasteiger partial charge in [-0.05, 0) is 47.9 Å². The van der Waals surface area contributed by atoms with E-state index in [0.717, 1.165) is 23.2 Å². The molecule has 0 spiro atoms. The van der Waals surface area contributed by atoms with Crippen LogP contribution in [0.1, 0.15) is 17.2 Å². The third kappa shape index (κ3) is 3.24. The first-order chi connectivity index (χ1) is 9.90. The molecule has 6 heteroatoms. The van der Waals surface area contributed by atoms with Gasteiger partial charge in [-0.25, -0.2) is 0 Å². The van der Waals surface area contributed by atoms with E-state index in [1.807, 2.05) is 12.1 Å². The predicted octanol–water partition coefficient (Wildman–Crippen LogP) is 4.95. The molecule has 110 valence electrons. The molecule has 21 heavy (non-hydrogen) atoms. The first-order valence-electron chi connectivity index (χ1n) is 6.31. The number of rotatable bonds is 2. The summed E-state index contributed by atoms with van der Waals surface area (Å²) in [6, 6.07) is 11.5. The summed E-state index contributed by atoms with van der Waals surface area (Å²) in [4.78, 5) is 0. The monoisotopic (exact) mass is 313 g/mol. The van der Waals surface area contributed by atoms with Gasteiger partial charge >= 0.3 is 6.36 Å². The fourth-order valence-electron chi connectivity index (χ4n) is 2.43. The fraction of sp³-hybridized carbons (Fsp3) is 0.200. The lowest BCUT2D eigenvalue weighted by molar-refractivity contribution is -0.274. The van der Waals surface area contributed by atoms with E-state index >= 15 is 0 Å². The van der Waals surface area contributed by atoms with Crippen LogP contribution in [0.4, 0.5) is 18.9 Å². The van der Waals surface area contributed by atoms with Crippen LogP contribution in [0.15, 0.2) is 42.5 Å². The smallest absolute Gasteiger partial charge is 0.406 e. The summed E-state index contributed by atoms with van der Waals surface area (Å²) in [5.74, 6) is -0.218. The highest BCUT2D eigenvalue weighted by Crippen LogP contribution is 2.36. The van der Waals surface area contributed by atoms with Gasteiger partial charge in [0.05, 0.1) is 6.04 Å². The molecule has 1 aliphatic rings. The highest BCUT2D eigenvalue weighted by atomic mass is 35.5. The maximum atomic E-state index is 12.1. The molecule has 0 aliphatic carbocycles. The average Bonchev–Trinajstić information content (AvgIpc) is 2.80. The molecule has 0 saturated carbocycles. The topological polar surface area (TPSA) is 21.3 Å². The first-order valence-corrected chi connectivity index (χ1v) is 6.69. The van der Waals surface area contributed by atoms with Gasteiger partial charge in [0.15, 0.2) is 0 Å². The number of ether oxygens (including phenoxy) is 1. The van der Waals surface area contributed by atoms with Crippen molar-refractivity contribution in [2.45, 2.75) is 18.8 Å². The van der Waals surface area contributed by atoms with Crippen molar-refractivity contribution >= 4 is 17.3 Å². The van der Waals surface area contributed by atoms with Crippen LogP contribution in [0.2, 0.25) is 5.02 Å². The van der Waals surface area contributed by atoms with Crippen molar-refractivity contribution in [2.24, 2.45) is 0 Å². The van der Waals surface area contributed by atoms with Gasteiger partial charge in [0, 0.05) is 10.7 Å². The number of benzene rings is 2. The van der Waals surface area contributed by atoms with Crippen LogP contribution >= 0.6 is 11.6 Å². The quantitative estimate of drug-likeness (QED) is 0.847. The van der Waals surface area contributed by atoms with Crippen molar-refractivity contribution in [3.63, 3.8) is 0 Å². The SMILES string of the molecule is FC(F)(F)Oc1ccc(C2Cc3cc(Cl)ccc3N2)cc1. The van der Waals surface area contributed by atoms with Crippen LogP contribution in [-0.2, 0) is 6.42 Å². The third-order valence-electron chi connectivity index (χ3n) is 3.34. The summed E-state index contributed by atoms with van der Waals surface area (Å²) >= 11 is 5.95. The van der Waals surface area contributed by atoms with Crippen molar-refractivity contribution in [2.75, 3.05) is 5.32 Å². The van der Waals surface area contributed by atoms with Gasteiger partial charge in [-0.2, -0.15) is 0 Å². The standard InChI is InChI=1S/C15H11ClF3NO/c16-11-3-6-13-10(7-11)8-14(20-13)9-1-4-12(5-2-9)21-15(17,18)19/h1-7,14,20H,8H2. The molecular weight excluding hydrogens is 303 g/mol. The average molecular weight is 314 g/mol. The van der Waals surface area contributed by atoms with Gasteiger partial charge in [0.1, 0.15) is 5.75 Å². The van der Waals surface area contributed by atoms with Crippen molar-refractivity contribution in [3.05, 3.63) is 58.6 Å². The second-order valence-electron chi connectivity index (χ2n) is 4.82. The summed E-state index contributed by atoms with van der Waals surface area (Å²) in [5.41, 5.74) is 3.00. The van der Waals surface area contributed by atoms with Gasteiger partial charge in [-0.15, -0.1) is 13.2 Å². The van der Waals surface area contributed by atoms with E-state index in [1.165, 1.54) is 12.1 Å². The number of nitrogens with one attached hydrogen (secondary N) is 1. The molecule has 2 nitrogen and oxygen atoms in total. The molecule has 1 atom stereocenters. The highest BCUT2D eigenvalue weighted by Gasteiger charge is 2.31. The minimum absolute atomic E-state index is 0.0263. The molecule has 0 bridgehead atoms. The lowest BCUT2D eigenvalue weighted by atomic mass is 10.0. The normalized spacial score (nSPS) is 17.2. The Hall–Kier alpha value is -1.88. The highest BCUT2D eigenvalue weighted by molar-refractivity contribution is 6.30. The van der Waals surface area contributed by atoms with Gasteiger partial charge in [0.25, 0.3) is 0 Å². The first kappa shape index (κ1) is 14.1. The second kappa shape index (κ2) is 5.15. The van der Waals surface area contributed by atoms with E-state index in [0.29, 0.717) is 5.02 Å². The Morgan fingerprint density at radius 2 is 1.81 bits per heavy atom. The van der Waals surface area contributed by atoms with Crippen molar-refractivity contribution in [1.82, 2.24) is 0 Å². The summed E-state index contributed by atoms with van der Waals surface area (Å²) < 4.78 is 40.2. The summed E-state index contributed by atoms with van der Waals surface area (Å²) in [7, 11) is 0. The zero-order chi connectivity index (χ0) is 15.0. The zero-order valence-electron chi connectivity index (χ0n) is 10.7. The Morgan fingerprint density at radius 1 is 1.10 bits per heavy atom. The van der Waals surface area contributed by atoms with Gasteiger partial charge in [0.2, 0.25) is 0 Å². The zero-order valence-corrected chi connectivity index (χ0v) is 11.5. The van der Waals surface area contributed by atoms with E-state index in [2.05, 4.69) is 10.1 Å². The molecule has 0 fully saturated rings. The predicted molar refractivity (Wildman–Crippen MR) is 74.6 cm³/mol. The number of alkyl halides is 3. The van der Waals surface area contributed by atoms with E-state index in [1.54, 1.807) is 18.2 Å². The molecule has 2 aromatic rings. The van der Waals surface area contributed by atoms with Crippen LogP contribution in [0.5, 0.6) is 5.75 Å². The largest absolute Gasteiger partial charge is 0.573 e.